The van der Waals surface area contributed by atoms with Gasteiger partial charge in [0.1, 0.15) is 0 Å². The van der Waals surface area contributed by atoms with Gasteiger partial charge in [0, 0.05) is 10.8 Å². The third kappa shape index (κ3) is 2.46. The minimum absolute atomic E-state index is 0.000648. The van der Waals surface area contributed by atoms with Crippen molar-refractivity contribution >= 4 is 17.2 Å². The van der Waals surface area contributed by atoms with Crippen LogP contribution in [-0.2, 0) is 4.79 Å². The molecule has 0 saturated heterocycles. The van der Waals surface area contributed by atoms with Crippen molar-refractivity contribution in [2.24, 2.45) is 5.92 Å². The second-order valence-electron chi connectivity index (χ2n) is 4.64. The molecule has 1 fully saturated rings. The Hall–Kier alpha value is -1.61. The number of hydrogen-bond acceptors (Lipinski definition) is 2. The molecule has 1 aromatic carbocycles. The lowest BCUT2D eigenvalue weighted by Gasteiger charge is -2.18. The van der Waals surface area contributed by atoms with Gasteiger partial charge in [0.05, 0.1) is 6.04 Å². The molecule has 1 aliphatic rings. The zero-order valence-electron chi connectivity index (χ0n) is 10.0. The fourth-order valence-electron chi connectivity index (χ4n) is 2.03. The summed E-state index contributed by atoms with van der Waals surface area (Å²) in [6.45, 7) is 0. The molecule has 0 aliphatic heterocycles. The number of amides is 1. The summed E-state index contributed by atoms with van der Waals surface area (Å²) in [4.78, 5) is 13.2. The van der Waals surface area contributed by atoms with E-state index >= 15 is 0 Å². The lowest BCUT2D eigenvalue weighted by atomic mass is 10.1. The van der Waals surface area contributed by atoms with Crippen LogP contribution in [0.1, 0.15) is 29.3 Å². The predicted octanol–water partition coefficient (Wildman–Crippen LogP) is 3.36. The second-order valence-corrected chi connectivity index (χ2v) is 5.62. The summed E-state index contributed by atoms with van der Waals surface area (Å²) in [5, 5.41) is 5.22. The largest absolute Gasteiger partial charge is 0.344 e. The molecule has 0 spiro atoms. The Morgan fingerprint density at radius 2 is 1.94 bits per heavy atom. The molecule has 18 heavy (non-hydrogen) atoms. The highest BCUT2D eigenvalue weighted by Crippen LogP contribution is 2.32. The van der Waals surface area contributed by atoms with Crippen molar-refractivity contribution in [1.29, 1.82) is 0 Å². The Morgan fingerprint density at radius 1 is 1.17 bits per heavy atom. The lowest BCUT2D eigenvalue weighted by molar-refractivity contribution is -0.122. The quantitative estimate of drug-likeness (QED) is 0.894. The number of nitrogens with one attached hydrogen (secondary N) is 1. The first-order valence-corrected chi connectivity index (χ1v) is 7.11. The standard InChI is InChI=1S/C15H15NOS/c17-15(12-8-9-12)16-14(13-7-4-10-18-13)11-5-2-1-3-6-11/h1-7,10,12,14H,8-9H2,(H,16,17)/t14-/m1/s1. The van der Waals surface area contributed by atoms with Crippen LogP contribution in [-0.4, -0.2) is 5.91 Å². The number of benzene rings is 1. The molecule has 1 heterocycles. The van der Waals surface area contributed by atoms with Gasteiger partial charge < -0.3 is 5.32 Å². The summed E-state index contributed by atoms with van der Waals surface area (Å²) in [5.74, 6) is 0.438. The highest BCUT2D eigenvalue weighted by molar-refractivity contribution is 7.10. The molecule has 2 nitrogen and oxygen atoms in total. The van der Waals surface area contributed by atoms with E-state index in [-0.39, 0.29) is 17.9 Å². The van der Waals surface area contributed by atoms with Crippen LogP contribution in [0.5, 0.6) is 0 Å². The summed E-state index contributed by atoms with van der Waals surface area (Å²) in [7, 11) is 0. The van der Waals surface area contributed by atoms with Crippen LogP contribution in [0.2, 0.25) is 0 Å². The van der Waals surface area contributed by atoms with E-state index < -0.39 is 0 Å². The van der Waals surface area contributed by atoms with Crippen molar-refractivity contribution in [3.63, 3.8) is 0 Å². The van der Waals surface area contributed by atoms with Gasteiger partial charge in [-0.25, -0.2) is 0 Å². The van der Waals surface area contributed by atoms with Crippen molar-refractivity contribution < 1.29 is 4.79 Å². The van der Waals surface area contributed by atoms with E-state index in [1.807, 2.05) is 24.3 Å². The Morgan fingerprint density at radius 3 is 2.56 bits per heavy atom. The molecule has 0 radical (unpaired) electrons. The van der Waals surface area contributed by atoms with Crippen LogP contribution in [0, 0.1) is 5.92 Å². The molecule has 1 atom stereocenters. The Labute approximate surface area is 111 Å². The predicted molar refractivity (Wildman–Crippen MR) is 73.5 cm³/mol. The molecule has 0 bridgehead atoms. The molecular weight excluding hydrogens is 242 g/mol. The molecule has 1 saturated carbocycles. The minimum atomic E-state index is -0.000648. The lowest BCUT2D eigenvalue weighted by Crippen LogP contribution is -2.29. The Bertz CT molecular complexity index is 517. The summed E-state index contributed by atoms with van der Waals surface area (Å²) >= 11 is 1.69. The molecule has 1 aromatic heterocycles. The maximum atomic E-state index is 12.0. The van der Waals surface area contributed by atoms with Crippen molar-refractivity contribution in [1.82, 2.24) is 5.32 Å². The molecule has 3 heteroatoms. The van der Waals surface area contributed by atoms with Gasteiger partial charge in [0.2, 0.25) is 5.91 Å². The van der Waals surface area contributed by atoms with Crippen molar-refractivity contribution in [2.45, 2.75) is 18.9 Å². The number of hydrogen-bond donors (Lipinski definition) is 1. The number of rotatable bonds is 4. The SMILES string of the molecule is O=C(N[C@H](c1ccccc1)c1cccs1)C1CC1. The molecule has 92 valence electrons. The molecule has 1 aliphatic carbocycles. The topological polar surface area (TPSA) is 29.1 Å². The maximum Gasteiger partial charge on any atom is 0.223 e. The van der Waals surface area contributed by atoms with Gasteiger partial charge in [-0.15, -0.1) is 11.3 Å². The fourth-order valence-corrected chi connectivity index (χ4v) is 2.83. The Balaban J connectivity index is 1.86. The summed E-state index contributed by atoms with van der Waals surface area (Å²) in [6.07, 6.45) is 2.08. The van der Waals surface area contributed by atoms with Gasteiger partial charge in [-0.1, -0.05) is 36.4 Å². The third-order valence-electron chi connectivity index (χ3n) is 3.20. The maximum absolute atomic E-state index is 12.0. The van der Waals surface area contributed by atoms with E-state index in [9.17, 15) is 4.79 Å². The van der Waals surface area contributed by atoms with Crippen LogP contribution in [0.15, 0.2) is 47.8 Å². The van der Waals surface area contributed by atoms with Gasteiger partial charge in [0.15, 0.2) is 0 Å². The molecule has 2 aromatic rings. The molecule has 1 amide bonds. The van der Waals surface area contributed by atoms with E-state index in [1.54, 1.807) is 11.3 Å². The van der Waals surface area contributed by atoms with E-state index in [2.05, 4.69) is 28.9 Å². The first-order chi connectivity index (χ1) is 8.84. The van der Waals surface area contributed by atoms with Gasteiger partial charge in [0.25, 0.3) is 0 Å². The third-order valence-corrected chi connectivity index (χ3v) is 4.13. The average molecular weight is 257 g/mol. The normalized spacial score (nSPS) is 16.2. The zero-order chi connectivity index (χ0) is 12.4. The van der Waals surface area contributed by atoms with Crippen LogP contribution < -0.4 is 5.32 Å². The first kappa shape index (κ1) is 11.5. The second kappa shape index (κ2) is 4.94. The highest BCUT2D eigenvalue weighted by atomic mass is 32.1. The first-order valence-electron chi connectivity index (χ1n) is 6.23. The summed E-state index contributed by atoms with van der Waals surface area (Å²) in [5.41, 5.74) is 1.15. The zero-order valence-corrected chi connectivity index (χ0v) is 10.8. The van der Waals surface area contributed by atoms with Crippen LogP contribution in [0.4, 0.5) is 0 Å². The fraction of sp³-hybridized carbons (Fsp3) is 0.267. The van der Waals surface area contributed by atoms with E-state index in [0.29, 0.717) is 0 Å². The monoisotopic (exact) mass is 257 g/mol. The smallest absolute Gasteiger partial charge is 0.223 e. The number of thiophene rings is 1. The minimum Gasteiger partial charge on any atom is -0.344 e. The summed E-state index contributed by atoms with van der Waals surface area (Å²) < 4.78 is 0. The van der Waals surface area contributed by atoms with Gasteiger partial charge in [-0.2, -0.15) is 0 Å². The van der Waals surface area contributed by atoms with Crippen molar-refractivity contribution in [2.75, 3.05) is 0 Å². The van der Waals surface area contributed by atoms with Crippen LogP contribution in [0.25, 0.3) is 0 Å². The van der Waals surface area contributed by atoms with Crippen molar-refractivity contribution in [3.05, 3.63) is 58.3 Å². The number of carbonyl (C=O) groups excluding carboxylic acids is 1. The van der Waals surface area contributed by atoms with E-state index in [0.717, 1.165) is 18.4 Å². The average Bonchev–Trinajstić information content (AvgIpc) is 3.13. The van der Waals surface area contributed by atoms with Gasteiger partial charge >= 0.3 is 0 Å². The van der Waals surface area contributed by atoms with Gasteiger partial charge in [-0.3, -0.25) is 4.79 Å². The van der Waals surface area contributed by atoms with E-state index in [4.69, 9.17) is 0 Å². The molecular formula is C15H15NOS. The Kier molecular flexibility index (Phi) is 3.15. The molecule has 3 rings (SSSR count). The van der Waals surface area contributed by atoms with Crippen LogP contribution >= 0.6 is 11.3 Å². The van der Waals surface area contributed by atoms with Crippen molar-refractivity contribution in [3.8, 4) is 0 Å². The van der Waals surface area contributed by atoms with E-state index in [1.165, 1.54) is 4.88 Å². The molecule has 0 unspecified atom stereocenters. The summed E-state index contributed by atoms with van der Waals surface area (Å²) in [6, 6.07) is 14.3. The highest BCUT2D eigenvalue weighted by Gasteiger charge is 2.31. The number of carbonyl (C=O) groups is 1. The van der Waals surface area contributed by atoms with Gasteiger partial charge in [-0.05, 0) is 29.9 Å². The van der Waals surface area contributed by atoms with Crippen LogP contribution in [0.3, 0.4) is 0 Å². The molecule has 1 N–H and O–H groups in total.